The highest BCUT2D eigenvalue weighted by Crippen LogP contribution is 2.64. The Morgan fingerprint density at radius 2 is 1.89 bits per heavy atom. The van der Waals surface area contributed by atoms with E-state index in [0.29, 0.717) is 31.8 Å². The quantitative estimate of drug-likeness (QED) is 0.791. The first-order chi connectivity index (χ1) is 12.7. The van der Waals surface area contributed by atoms with E-state index in [1.165, 1.54) is 0 Å². The lowest BCUT2D eigenvalue weighted by Gasteiger charge is -2.40. The van der Waals surface area contributed by atoms with Gasteiger partial charge in [-0.3, -0.25) is 4.79 Å². The number of fused-ring (bicyclic) bond motifs is 2. The van der Waals surface area contributed by atoms with Gasteiger partial charge in [0.25, 0.3) is 0 Å². The van der Waals surface area contributed by atoms with Crippen molar-refractivity contribution in [2.45, 2.75) is 52.2 Å². The average molecular weight is 392 g/mol. The van der Waals surface area contributed by atoms with Crippen LogP contribution in [0.25, 0.3) is 0 Å². The molecule has 6 heteroatoms. The highest BCUT2D eigenvalue weighted by Gasteiger charge is 2.65. The van der Waals surface area contributed by atoms with Crippen LogP contribution in [0.4, 0.5) is 0 Å². The van der Waals surface area contributed by atoms with Crippen molar-refractivity contribution in [2.75, 3.05) is 18.8 Å². The van der Waals surface area contributed by atoms with Crippen molar-refractivity contribution < 1.29 is 17.9 Å². The standard InChI is InChI=1S/C21H29NO4S/c1-15-12-22(13-18(26-15)16-7-5-4-6-8-16)27(24,25)14-21-10-9-17(11-19(21)23)20(21,2)3/h4-8,15,17-18H,9-14H2,1-3H3. The molecule has 4 atom stereocenters. The fourth-order valence-electron chi connectivity index (χ4n) is 5.50. The molecule has 1 saturated heterocycles. The highest BCUT2D eigenvalue weighted by molar-refractivity contribution is 7.89. The number of benzene rings is 1. The van der Waals surface area contributed by atoms with Crippen LogP contribution in [0.2, 0.25) is 0 Å². The van der Waals surface area contributed by atoms with Crippen molar-refractivity contribution in [1.82, 2.24) is 4.31 Å². The van der Waals surface area contributed by atoms with Crippen molar-refractivity contribution in [1.29, 1.82) is 0 Å². The molecule has 1 aromatic carbocycles. The fourth-order valence-corrected chi connectivity index (χ4v) is 7.78. The number of sulfonamides is 1. The van der Waals surface area contributed by atoms with Crippen LogP contribution < -0.4 is 0 Å². The van der Waals surface area contributed by atoms with E-state index in [1.54, 1.807) is 4.31 Å². The number of ketones is 1. The molecule has 5 nitrogen and oxygen atoms in total. The van der Waals surface area contributed by atoms with Crippen LogP contribution in [0.5, 0.6) is 0 Å². The van der Waals surface area contributed by atoms with Crippen LogP contribution in [0.3, 0.4) is 0 Å². The van der Waals surface area contributed by atoms with E-state index in [0.717, 1.165) is 12.0 Å². The van der Waals surface area contributed by atoms with E-state index >= 15 is 0 Å². The molecular formula is C21H29NO4S. The summed E-state index contributed by atoms with van der Waals surface area (Å²) < 4.78 is 34.4. The van der Waals surface area contributed by atoms with Gasteiger partial charge in [0.15, 0.2) is 0 Å². The lowest BCUT2D eigenvalue weighted by molar-refractivity contribution is -0.128. The Balaban J connectivity index is 1.59. The fraction of sp³-hybridized carbons (Fsp3) is 0.667. The van der Waals surface area contributed by atoms with Gasteiger partial charge in [0, 0.05) is 24.9 Å². The number of ether oxygens (including phenoxy) is 1. The van der Waals surface area contributed by atoms with Gasteiger partial charge in [0.2, 0.25) is 10.0 Å². The summed E-state index contributed by atoms with van der Waals surface area (Å²) in [6.07, 6.45) is 1.74. The molecule has 0 N–H and O–H groups in total. The van der Waals surface area contributed by atoms with Gasteiger partial charge in [0.1, 0.15) is 5.78 Å². The van der Waals surface area contributed by atoms with Gasteiger partial charge in [0.05, 0.1) is 18.0 Å². The van der Waals surface area contributed by atoms with Crippen molar-refractivity contribution >= 4 is 15.8 Å². The van der Waals surface area contributed by atoms with Crippen LogP contribution in [0.1, 0.15) is 51.7 Å². The second-order valence-electron chi connectivity index (χ2n) is 9.09. The van der Waals surface area contributed by atoms with Crippen molar-refractivity contribution in [3.8, 4) is 0 Å². The normalized spacial score (nSPS) is 36.3. The topological polar surface area (TPSA) is 63.7 Å². The van der Waals surface area contributed by atoms with Crippen molar-refractivity contribution in [3.63, 3.8) is 0 Å². The summed E-state index contributed by atoms with van der Waals surface area (Å²) in [5, 5.41) is 0. The van der Waals surface area contributed by atoms with Crippen LogP contribution in [-0.2, 0) is 19.6 Å². The molecule has 27 heavy (non-hydrogen) atoms. The van der Waals surface area contributed by atoms with E-state index in [1.807, 2.05) is 37.3 Å². The molecule has 2 aliphatic carbocycles. The smallest absolute Gasteiger partial charge is 0.215 e. The van der Waals surface area contributed by atoms with Gasteiger partial charge in [-0.05, 0) is 36.7 Å². The molecule has 0 aromatic heterocycles. The van der Waals surface area contributed by atoms with Crippen LogP contribution in [-0.4, -0.2) is 43.5 Å². The Labute approximate surface area is 162 Å². The minimum atomic E-state index is -3.56. The maximum Gasteiger partial charge on any atom is 0.215 e. The number of nitrogens with zero attached hydrogens (tertiary/aromatic N) is 1. The van der Waals surface area contributed by atoms with Crippen LogP contribution >= 0.6 is 0 Å². The molecule has 1 aliphatic heterocycles. The lowest BCUT2D eigenvalue weighted by Crippen LogP contribution is -2.51. The summed E-state index contributed by atoms with van der Waals surface area (Å²) in [5.74, 6) is 0.408. The lowest BCUT2D eigenvalue weighted by atomic mass is 9.70. The maximum atomic E-state index is 13.4. The molecular weight excluding hydrogens is 362 g/mol. The molecule has 2 bridgehead atoms. The second-order valence-corrected chi connectivity index (χ2v) is 11.1. The number of Topliss-reactive ketones (excluding diaryl/α,β-unsaturated/α-hetero) is 1. The Morgan fingerprint density at radius 1 is 1.19 bits per heavy atom. The molecule has 0 radical (unpaired) electrons. The molecule has 148 valence electrons. The first-order valence-electron chi connectivity index (χ1n) is 9.87. The van der Waals surface area contributed by atoms with E-state index in [-0.39, 0.29) is 29.2 Å². The summed E-state index contributed by atoms with van der Waals surface area (Å²) in [6.45, 7) is 6.73. The number of hydrogen-bond donors (Lipinski definition) is 0. The number of carbonyl (C=O) groups is 1. The van der Waals surface area contributed by atoms with Crippen molar-refractivity contribution in [2.24, 2.45) is 16.7 Å². The predicted molar refractivity (Wildman–Crippen MR) is 104 cm³/mol. The first-order valence-corrected chi connectivity index (χ1v) is 11.5. The van der Waals surface area contributed by atoms with E-state index < -0.39 is 15.4 Å². The molecule has 4 unspecified atom stereocenters. The molecule has 3 aliphatic rings. The Bertz CT molecular complexity index is 835. The van der Waals surface area contributed by atoms with Crippen LogP contribution in [0.15, 0.2) is 30.3 Å². The van der Waals surface area contributed by atoms with Gasteiger partial charge in [-0.2, -0.15) is 4.31 Å². The zero-order valence-electron chi connectivity index (χ0n) is 16.3. The minimum Gasteiger partial charge on any atom is -0.368 e. The van der Waals surface area contributed by atoms with E-state index in [2.05, 4.69) is 13.8 Å². The van der Waals surface area contributed by atoms with E-state index in [9.17, 15) is 13.2 Å². The molecule has 3 fully saturated rings. The highest BCUT2D eigenvalue weighted by atomic mass is 32.2. The van der Waals surface area contributed by atoms with Gasteiger partial charge in [-0.15, -0.1) is 0 Å². The zero-order valence-corrected chi connectivity index (χ0v) is 17.2. The van der Waals surface area contributed by atoms with Gasteiger partial charge >= 0.3 is 0 Å². The predicted octanol–water partition coefficient (Wildman–Crippen LogP) is 3.17. The third-order valence-corrected chi connectivity index (χ3v) is 9.30. The SMILES string of the molecule is CC1CN(S(=O)(=O)CC23CCC(CC2=O)C3(C)C)CC(c2ccccc2)O1. The molecule has 1 heterocycles. The Morgan fingerprint density at radius 3 is 2.48 bits per heavy atom. The minimum absolute atomic E-state index is 0.0590. The van der Waals surface area contributed by atoms with Crippen molar-refractivity contribution in [3.05, 3.63) is 35.9 Å². The summed E-state index contributed by atoms with van der Waals surface area (Å²) in [5.41, 5.74) is 0.0226. The first kappa shape index (κ1) is 19.1. The third kappa shape index (κ3) is 2.97. The van der Waals surface area contributed by atoms with Gasteiger partial charge in [-0.1, -0.05) is 44.2 Å². The van der Waals surface area contributed by atoms with Crippen LogP contribution in [0, 0.1) is 16.7 Å². The average Bonchev–Trinajstić information content (AvgIpc) is 2.96. The number of morpholine rings is 1. The molecule has 0 spiro atoms. The monoisotopic (exact) mass is 391 g/mol. The Hall–Kier alpha value is -1.24. The number of carbonyl (C=O) groups excluding carboxylic acids is 1. The molecule has 1 aromatic rings. The summed E-state index contributed by atoms with van der Waals surface area (Å²) in [6, 6.07) is 9.75. The van der Waals surface area contributed by atoms with Gasteiger partial charge < -0.3 is 4.74 Å². The zero-order chi connectivity index (χ0) is 19.4. The number of hydrogen-bond acceptors (Lipinski definition) is 4. The maximum absolute atomic E-state index is 13.4. The summed E-state index contributed by atoms with van der Waals surface area (Å²) >= 11 is 0. The van der Waals surface area contributed by atoms with E-state index in [4.69, 9.17) is 4.74 Å². The largest absolute Gasteiger partial charge is 0.368 e. The molecule has 0 amide bonds. The second kappa shape index (κ2) is 6.39. The molecule has 4 rings (SSSR count). The third-order valence-electron chi connectivity index (χ3n) is 7.36. The Kier molecular flexibility index (Phi) is 4.52. The van der Waals surface area contributed by atoms with Gasteiger partial charge in [-0.25, -0.2) is 8.42 Å². The summed E-state index contributed by atoms with van der Waals surface area (Å²) in [7, 11) is -3.56. The number of rotatable bonds is 4. The summed E-state index contributed by atoms with van der Waals surface area (Å²) in [4.78, 5) is 12.8. The molecule has 2 saturated carbocycles.